The van der Waals surface area contributed by atoms with E-state index >= 15 is 0 Å². The molecular formula is C25H16FNO3S. The van der Waals surface area contributed by atoms with Crippen molar-refractivity contribution < 1.29 is 19.1 Å². The Morgan fingerprint density at radius 2 is 1.65 bits per heavy atom. The molecule has 152 valence electrons. The summed E-state index contributed by atoms with van der Waals surface area (Å²) in [4.78, 5) is 28.1. The molecule has 1 atom stereocenters. The fourth-order valence-corrected chi connectivity index (χ4v) is 4.73. The monoisotopic (exact) mass is 429 g/mol. The predicted octanol–water partition coefficient (Wildman–Crippen LogP) is 5.67. The minimum absolute atomic E-state index is 0.0204. The topological polar surface area (TPSA) is 57.6 Å². The van der Waals surface area contributed by atoms with E-state index < -0.39 is 23.5 Å². The van der Waals surface area contributed by atoms with Gasteiger partial charge < -0.3 is 5.11 Å². The van der Waals surface area contributed by atoms with Crippen molar-refractivity contribution in [3.8, 4) is 0 Å². The highest BCUT2D eigenvalue weighted by atomic mass is 32.1. The number of halogens is 1. The largest absolute Gasteiger partial charge is 0.507 e. The van der Waals surface area contributed by atoms with E-state index in [0.717, 1.165) is 15.6 Å². The molecule has 1 N–H and O–H groups in total. The Bertz CT molecular complexity index is 1340. The fraction of sp³-hybridized carbons (Fsp3) is 0.0400. The van der Waals surface area contributed by atoms with Crippen molar-refractivity contribution in [3.63, 3.8) is 0 Å². The maximum Gasteiger partial charge on any atom is 0.300 e. The Balaban J connectivity index is 1.70. The van der Waals surface area contributed by atoms with Crippen molar-refractivity contribution in [2.75, 3.05) is 4.90 Å². The number of benzene rings is 3. The molecule has 1 fully saturated rings. The number of carbonyl (C=O) groups excluding carboxylic acids is 2. The minimum Gasteiger partial charge on any atom is -0.507 e. The summed E-state index contributed by atoms with van der Waals surface area (Å²) in [6.45, 7) is 0. The van der Waals surface area contributed by atoms with Gasteiger partial charge in [-0.1, -0.05) is 42.5 Å². The van der Waals surface area contributed by atoms with Crippen LogP contribution in [0.5, 0.6) is 0 Å². The molecule has 2 heterocycles. The zero-order valence-electron chi connectivity index (χ0n) is 16.2. The summed E-state index contributed by atoms with van der Waals surface area (Å²) in [6, 6.07) is 21.3. The van der Waals surface area contributed by atoms with Crippen molar-refractivity contribution in [1.29, 1.82) is 0 Å². The molecule has 1 saturated heterocycles. The smallest absolute Gasteiger partial charge is 0.300 e. The van der Waals surface area contributed by atoms with Gasteiger partial charge in [0.25, 0.3) is 11.7 Å². The Labute approximate surface area is 181 Å². The van der Waals surface area contributed by atoms with Gasteiger partial charge in [-0.3, -0.25) is 14.5 Å². The number of hydrogen-bond acceptors (Lipinski definition) is 4. The average Bonchev–Trinajstić information content (AvgIpc) is 3.41. The number of nitrogens with zero attached hydrogens (tertiary/aromatic N) is 1. The summed E-state index contributed by atoms with van der Waals surface area (Å²) in [5, 5.41) is 14.9. The molecule has 0 aliphatic carbocycles. The zero-order chi connectivity index (χ0) is 21.5. The lowest BCUT2D eigenvalue weighted by Gasteiger charge is -2.24. The molecule has 5 rings (SSSR count). The SMILES string of the molecule is O=C1C(=O)N(c2ccc(F)cc2)C(c2cccs2)/C1=C(/O)c1ccc2ccccc2c1. The summed E-state index contributed by atoms with van der Waals surface area (Å²) in [5.41, 5.74) is 0.865. The van der Waals surface area contributed by atoms with Gasteiger partial charge in [0.05, 0.1) is 5.57 Å². The van der Waals surface area contributed by atoms with Gasteiger partial charge in [-0.15, -0.1) is 11.3 Å². The number of aliphatic hydroxyl groups excluding tert-OH is 1. The summed E-state index contributed by atoms with van der Waals surface area (Å²) in [5.74, 6) is -2.20. The molecule has 1 aliphatic rings. The van der Waals surface area contributed by atoms with Gasteiger partial charge >= 0.3 is 0 Å². The maximum atomic E-state index is 13.5. The first-order chi connectivity index (χ1) is 15.0. The summed E-state index contributed by atoms with van der Waals surface area (Å²) >= 11 is 1.38. The number of ketones is 1. The number of carbonyl (C=O) groups is 2. The van der Waals surface area contributed by atoms with Crippen LogP contribution in [-0.2, 0) is 9.59 Å². The van der Waals surface area contributed by atoms with Gasteiger partial charge in [-0.05, 0) is 52.6 Å². The third kappa shape index (κ3) is 3.21. The summed E-state index contributed by atoms with van der Waals surface area (Å²) in [7, 11) is 0. The van der Waals surface area contributed by atoms with Crippen molar-refractivity contribution in [2.45, 2.75) is 6.04 Å². The third-order valence-electron chi connectivity index (χ3n) is 5.38. The molecule has 0 spiro atoms. The first-order valence-electron chi connectivity index (χ1n) is 9.64. The van der Waals surface area contributed by atoms with E-state index in [9.17, 15) is 19.1 Å². The lowest BCUT2D eigenvalue weighted by Crippen LogP contribution is -2.29. The predicted molar refractivity (Wildman–Crippen MR) is 119 cm³/mol. The van der Waals surface area contributed by atoms with Crippen molar-refractivity contribution in [2.24, 2.45) is 0 Å². The number of amides is 1. The molecule has 4 nitrogen and oxygen atoms in total. The van der Waals surface area contributed by atoms with Crippen LogP contribution in [0.4, 0.5) is 10.1 Å². The molecule has 31 heavy (non-hydrogen) atoms. The number of thiophene rings is 1. The molecule has 1 aliphatic heterocycles. The van der Waals surface area contributed by atoms with E-state index in [2.05, 4.69) is 0 Å². The lowest BCUT2D eigenvalue weighted by molar-refractivity contribution is -0.132. The molecule has 0 bridgehead atoms. The van der Waals surface area contributed by atoms with E-state index in [4.69, 9.17) is 0 Å². The third-order valence-corrected chi connectivity index (χ3v) is 6.31. The Morgan fingerprint density at radius 3 is 2.35 bits per heavy atom. The highest BCUT2D eigenvalue weighted by Gasteiger charge is 2.47. The average molecular weight is 429 g/mol. The van der Waals surface area contributed by atoms with Gasteiger partial charge in [0.1, 0.15) is 17.6 Å². The van der Waals surface area contributed by atoms with Gasteiger partial charge in [-0.25, -0.2) is 4.39 Å². The number of aliphatic hydroxyl groups is 1. The van der Waals surface area contributed by atoms with Crippen LogP contribution in [0.25, 0.3) is 16.5 Å². The molecule has 1 aromatic heterocycles. The Morgan fingerprint density at radius 1 is 0.903 bits per heavy atom. The second-order valence-electron chi connectivity index (χ2n) is 7.22. The highest BCUT2D eigenvalue weighted by Crippen LogP contribution is 2.43. The van der Waals surface area contributed by atoms with Crippen LogP contribution < -0.4 is 4.90 Å². The van der Waals surface area contributed by atoms with E-state index in [1.807, 2.05) is 47.8 Å². The number of fused-ring (bicyclic) bond motifs is 1. The minimum atomic E-state index is -0.795. The van der Waals surface area contributed by atoms with Crippen LogP contribution in [0.2, 0.25) is 0 Å². The fourth-order valence-electron chi connectivity index (χ4n) is 3.91. The number of Topliss-reactive ketones (excluding diaryl/α,β-unsaturated/α-hetero) is 1. The first-order valence-corrected chi connectivity index (χ1v) is 10.5. The number of hydrogen-bond donors (Lipinski definition) is 1. The van der Waals surface area contributed by atoms with Crippen LogP contribution >= 0.6 is 11.3 Å². The van der Waals surface area contributed by atoms with Crippen molar-refractivity contribution >= 4 is 45.2 Å². The second kappa shape index (κ2) is 7.49. The quantitative estimate of drug-likeness (QED) is 0.259. The molecule has 0 radical (unpaired) electrons. The second-order valence-corrected chi connectivity index (χ2v) is 8.20. The summed E-state index contributed by atoms with van der Waals surface area (Å²) < 4.78 is 13.5. The molecule has 1 amide bonds. The molecule has 6 heteroatoms. The zero-order valence-corrected chi connectivity index (χ0v) is 17.0. The molecule has 0 saturated carbocycles. The Kier molecular flexibility index (Phi) is 4.64. The van der Waals surface area contributed by atoms with E-state index in [1.165, 1.54) is 40.5 Å². The van der Waals surface area contributed by atoms with Crippen LogP contribution in [0.3, 0.4) is 0 Å². The van der Waals surface area contributed by atoms with Crippen molar-refractivity contribution in [1.82, 2.24) is 0 Å². The number of rotatable bonds is 3. The molecule has 4 aromatic rings. The van der Waals surface area contributed by atoms with E-state index in [1.54, 1.807) is 12.1 Å². The van der Waals surface area contributed by atoms with Crippen LogP contribution in [0, 0.1) is 5.82 Å². The van der Waals surface area contributed by atoms with Crippen LogP contribution in [0.1, 0.15) is 16.5 Å². The molecular weight excluding hydrogens is 413 g/mol. The van der Waals surface area contributed by atoms with Gasteiger partial charge in [0, 0.05) is 16.1 Å². The highest BCUT2D eigenvalue weighted by molar-refractivity contribution is 7.10. The molecule has 3 aromatic carbocycles. The van der Waals surface area contributed by atoms with Crippen LogP contribution in [0.15, 0.2) is 89.8 Å². The molecule has 1 unspecified atom stereocenters. The van der Waals surface area contributed by atoms with Gasteiger partial charge in [-0.2, -0.15) is 0 Å². The lowest BCUT2D eigenvalue weighted by atomic mass is 9.98. The first kappa shape index (κ1) is 19.2. The van der Waals surface area contributed by atoms with Crippen molar-refractivity contribution in [3.05, 3.63) is 106 Å². The Hall–Kier alpha value is -3.77. The summed E-state index contributed by atoms with van der Waals surface area (Å²) in [6.07, 6.45) is 0. The number of anilines is 1. The normalized spacial score (nSPS) is 18.1. The standard InChI is InChI=1S/C25H16FNO3S/c26-18-9-11-19(12-10-18)27-22(20-6-3-13-31-20)21(24(29)25(27)30)23(28)17-8-7-15-4-1-2-5-16(15)14-17/h1-14,22,28H/b23-21-. The van der Waals surface area contributed by atoms with Gasteiger partial charge in [0.2, 0.25) is 0 Å². The van der Waals surface area contributed by atoms with Gasteiger partial charge in [0.15, 0.2) is 0 Å². The van der Waals surface area contributed by atoms with E-state index in [-0.39, 0.29) is 11.3 Å². The van der Waals surface area contributed by atoms with E-state index in [0.29, 0.717) is 11.3 Å². The maximum absolute atomic E-state index is 13.5. The van der Waals surface area contributed by atoms with Crippen LogP contribution in [-0.4, -0.2) is 16.8 Å².